The van der Waals surface area contributed by atoms with E-state index in [4.69, 9.17) is 0 Å². The number of hydrogen-bond donors (Lipinski definition) is 0. The van der Waals surface area contributed by atoms with E-state index in [9.17, 15) is 8.78 Å². The minimum Gasteiger partial charge on any atom is -0.303 e. The molecule has 0 N–H and O–H groups in total. The van der Waals surface area contributed by atoms with Crippen molar-refractivity contribution in [2.24, 2.45) is 5.92 Å². The second-order valence-electron chi connectivity index (χ2n) is 10.8. The lowest BCUT2D eigenvalue weighted by Crippen LogP contribution is -2.47. The van der Waals surface area contributed by atoms with Crippen LogP contribution in [-0.4, -0.2) is 31.2 Å². The normalized spacial score (nSPS) is 18.1. The van der Waals surface area contributed by atoms with E-state index >= 15 is 0 Å². The van der Waals surface area contributed by atoms with Crippen LogP contribution in [0.1, 0.15) is 64.6 Å². The first-order valence-electron chi connectivity index (χ1n) is 13.7. The van der Waals surface area contributed by atoms with Gasteiger partial charge >= 0.3 is 0 Å². The van der Waals surface area contributed by atoms with E-state index in [0.717, 1.165) is 70.1 Å². The summed E-state index contributed by atoms with van der Waals surface area (Å²) in [6.07, 6.45) is 7.81. The number of aryl methyl sites for hydroxylation is 1. The van der Waals surface area contributed by atoms with Crippen molar-refractivity contribution >= 4 is 11.1 Å². The molecule has 0 bridgehead atoms. The molecule has 3 aromatic carbocycles. The lowest BCUT2D eigenvalue weighted by Gasteiger charge is -2.39. The standard InChI is InChI=1S/C33H35F2N/c34-18-5-19-36-21-24(22-36)20-23-12-14-26(15-13-23)33-27-8-2-1-6-25(27)7-3-11-31(33)29-16-17-32(35)30-10-4-9-28(29)30/h1-2,6,8,12-17,24H,3-5,7,9-11,18-22H2. The molecule has 0 amide bonds. The molecule has 3 aliphatic rings. The summed E-state index contributed by atoms with van der Waals surface area (Å²) in [5.74, 6) is 0.636. The van der Waals surface area contributed by atoms with Crippen molar-refractivity contribution in [1.82, 2.24) is 4.90 Å². The number of rotatable bonds is 7. The molecule has 1 nitrogen and oxygen atoms in total. The molecule has 3 heteroatoms. The van der Waals surface area contributed by atoms with E-state index in [0.29, 0.717) is 12.3 Å². The summed E-state index contributed by atoms with van der Waals surface area (Å²) in [5.41, 5.74) is 11.5. The van der Waals surface area contributed by atoms with Gasteiger partial charge in [0.1, 0.15) is 5.82 Å². The number of alkyl halides is 1. The molecule has 0 unspecified atom stereocenters. The third-order valence-electron chi connectivity index (χ3n) is 8.42. The molecule has 0 atom stereocenters. The maximum atomic E-state index is 14.6. The van der Waals surface area contributed by atoms with Gasteiger partial charge in [-0.05, 0) is 113 Å². The van der Waals surface area contributed by atoms with Crippen molar-refractivity contribution in [2.75, 3.05) is 26.3 Å². The van der Waals surface area contributed by atoms with Gasteiger partial charge in [-0.15, -0.1) is 0 Å². The van der Waals surface area contributed by atoms with Crippen LogP contribution in [0.25, 0.3) is 11.1 Å². The monoisotopic (exact) mass is 483 g/mol. The molecule has 2 aliphatic carbocycles. The average molecular weight is 484 g/mol. The van der Waals surface area contributed by atoms with Gasteiger partial charge in [0.15, 0.2) is 0 Å². The summed E-state index contributed by atoms with van der Waals surface area (Å²) in [6, 6.07) is 21.8. The number of likely N-dealkylation sites (tertiary alicyclic amines) is 1. The van der Waals surface area contributed by atoms with Crippen LogP contribution in [0.3, 0.4) is 0 Å². The summed E-state index contributed by atoms with van der Waals surface area (Å²) in [7, 11) is 0. The first-order chi connectivity index (χ1) is 17.7. The molecule has 0 aromatic heterocycles. The van der Waals surface area contributed by atoms with Crippen LogP contribution in [0.5, 0.6) is 0 Å². The highest BCUT2D eigenvalue weighted by Crippen LogP contribution is 2.43. The number of halogens is 2. The SMILES string of the molecule is FCCCN1CC(Cc2ccc(C3=C(c4ccc(F)c5c4CCC5)CCCc4ccccc43)cc2)C1. The smallest absolute Gasteiger partial charge is 0.126 e. The van der Waals surface area contributed by atoms with Crippen molar-refractivity contribution in [1.29, 1.82) is 0 Å². The quantitative estimate of drug-likeness (QED) is 0.337. The fourth-order valence-electron chi connectivity index (χ4n) is 6.68. The predicted molar refractivity (Wildman–Crippen MR) is 144 cm³/mol. The van der Waals surface area contributed by atoms with Crippen LogP contribution in [0, 0.1) is 11.7 Å². The molecule has 36 heavy (non-hydrogen) atoms. The lowest BCUT2D eigenvalue weighted by molar-refractivity contribution is 0.0968. The molecule has 186 valence electrons. The van der Waals surface area contributed by atoms with Crippen LogP contribution in [-0.2, 0) is 25.7 Å². The van der Waals surface area contributed by atoms with Gasteiger partial charge in [0.05, 0.1) is 6.67 Å². The Bertz CT molecular complexity index is 1270. The molecular weight excluding hydrogens is 448 g/mol. The van der Waals surface area contributed by atoms with Crippen molar-refractivity contribution in [3.8, 4) is 0 Å². The van der Waals surface area contributed by atoms with Crippen molar-refractivity contribution in [3.63, 3.8) is 0 Å². The Morgan fingerprint density at radius 2 is 1.56 bits per heavy atom. The van der Waals surface area contributed by atoms with Gasteiger partial charge in [0.2, 0.25) is 0 Å². The first kappa shape index (κ1) is 23.6. The Kier molecular flexibility index (Phi) is 6.75. The van der Waals surface area contributed by atoms with Crippen LogP contribution in [0.15, 0.2) is 60.7 Å². The molecule has 3 aromatic rings. The molecule has 0 radical (unpaired) electrons. The summed E-state index contributed by atoms with van der Waals surface area (Å²) in [6.45, 7) is 2.83. The largest absolute Gasteiger partial charge is 0.303 e. The number of fused-ring (bicyclic) bond motifs is 2. The lowest BCUT2D eigenvalue weighted by atomic mass is 9.84. The molecule has 1 saturated heterocycles. The number of benzene rings is 3. The van der Waals surface area contributed by atoms with Gasteiger partial charge in [-0.3, -0.25) is 4.39 Å². The van der Waals surface area contributed by atoms with Gasteiger partial charge in [-0.1, -0.05) is 54.6 Å². The molecule has 0 spiro atoms. The van der Waals surface area contributed by atoms with E-state index in [1.165, 1.54) is 44.5 Å². The van der Waals surface area contributed by atoms with E-state index in [1.54, 1.807) is 6.07 Å². The summed E-state index contributed by atoms with van der Waals surface area (Å²) >= 11 is 0. The average Bonchev–Trinajstić information content (AvgIpc) is 3.30. The number of nitrogens with zero attached hydrogens (tertiary/aromatic N) is 1. The third-order valence-corrected chi connectivity index (χ3v) is 8.42. The highest BCUT2D eigenvalue weighted by atomic mass is 19.1. The minimum atomic E-state index is -0.218. The van der Waals surface area contributed by atoms with Gasteiger partial charge in [-0.2, -0.15) is 0 Å². The Balaban J connectivity index is 1.35. The first-order valence-corrected chi connectivity index (χ1v) is 13.7. The Morgan fingerprint density at radius 1 is 0.778 bits per heavy atom. The zero-order valence-corrected chi connectivity index (χ0v) is 21.0. The van der Waals surface area contributed by atoms with Gasteiger partial charge in [0.25, 0.3) is 0 Å². The summed E-state index contributed by atoms with van der Waals surface area (Å²) in [4.78, 5) is 2.36. The van der Waals surface area contributed by atoms with Crippen LogP contribution < -0.4 is 0 Å². The van der Waals surface area contributed by atoms with Gasteiger partial charge < -0.3 is 4.90 Å². The maximum absolute atomic E-state index is 14.6. The van der Waals surface area contributed by atoms with Crippen molar-refractivity contribution in [3.05, 3.63) is 105 Å². The van der Waals surface area contributed by atoms with Gasteiger partial charge in [-0.25, -0.2) is 4.39 Å². The van der Waals surface area contributed by atoms with E-state index in [-0.39, 0.29) is 12.5 Å². The Labute approximate surface area is 213 Å². The number of allylic oxidation sites excluding steroid dienone is 1. The fourth-order valence-corrected chi connectivity index (χ4v) is 6.68. The van der Waals surface area contributed by atoms with Gasteiger partial charge in [0, 0.05) is 19.6 Å². The number of hydrogen-bond acceptors (Lipinski definition) is 1. The second-order valence-corrected chi connectivity index (χ2v) is 10.8. The molecule has 1 fully saturated rings. The molecule has 1 heterocycles. The molecular formula is C33H35F2N. The van der Waals surface area contributed by atoms with Crippen LogP contribution in [0.4, 0.5) is 8.78 Å². The van der Waals surface area contributed by atoms with Crippen molar-refractivity contribution < 1.29 is 8.78 Å². The fraction of sp³-hybridized carbons (Fsp3) is 0.394. The topological polar surface area (TPSA) is 3.24 Å². The van der Waals surface area contributed by atoms with Crippen LogP contribution in [0.2, 0.25) is 0 Å². The van der Waals surface area contributed by atoms with E-state index in [1.807, 2.05) is 6.07 Å². The molecule has 0 saturated carbocycles. The summed E-state index contributed by atoms with van der Waals surface area (Å²) < 4.78 is 27.0. The Hall–Kier alpha value is -2.78. The second kappa shape index (κ2) is 10.3. The maximum Gasteiger partial charge on any atom is 0.126 e. The van der Waals surface area contributed by atoms with Crippen molar-refractivity contribution in [2.45, 2.75) is 51.4 Å². The predicted octanol–water partition coefficient (Wildman–Crippen LogP) is 7.44. The Morgan fingerprint density at radius 3 is 2.39 bits per heavy atom. The molecule has 6 rings (SSSR count). The summed E-state index contributed by atoms with van der Waals surface area (Å²) in [5, 5.41) is 0. The zero-order chi connectivity index (χ0) is 24.5. The van der Waals surface area contributed by atoms with E-state index in [2.05, 4.69) is 53.4 Å². The third kappa shape index (κ3) is 4.54. The minimum absolute atomic E-state index is 0.0361. The highest BCUT2D eigenvalue weighted by Gasteiger charge is 2.27. The van der Waals surface area contributed by atoms with Crippen LogP contribution >= 0.6 is 0 Å². The van der Waals surface area contributed by atoms with E-state index < -0.39 is 0 Å². The highest BCUT2D eigenvalue weighted by molar-refractivity contribution is 6.00. The molecule has 1 aliphatic heterocycles. The zero-order valence-electron chi connectivity index (χ0n) is 21.0.